The van der Waals surface area contributed by atoms with Gasteiger partial charge in [0.25, 0.3) is 0 Å². The molecule has 1 rings (SSSR count). The third-order valence-corrected chi connectivity index (χ3v) is 3.77. The third-order valence-electron chi connectivity index (χ3n) is 1.76. The molecule has 0 aromatic rings. The van der Waals surface area contributed by atoms with Crippen molar-refractivity contribution in [3.63, 3.8) is 0 Å². The van der Waals surface area contributed by atoms with Gasteiger partial charge < -0.3 is 0 Å². The number of hydrogen-bond donors (Lipinski definition) is 0. The van der Waals surface area contributed by atoms with E-state index in [2.05, 4.69) is 0 Å². The molecule has 1 atom stereocenters. The monoisotopic (exact) mass is 174 g/mol. The fraction of sp³-hybridized carbons (Fsp3) is 0.833. The van der Waals surface area contributed by atoms with E-state index in [0.717, 1.165) is 0 Å². The SMILES string of the molecule is CC(C#N)N1CCCS1(=O)=O. The molecule has 0 amide bonds. The Morgan fingerprint density at radius 3 is 2.64 bits per heavy atom. The van der Waals surface area contributed by atoms with Crippen molar-refractivity contribution in [2.75, 3.05) is 12.3 Å². The van der Waals surface area contributed by atoms with E-state index < -0.39 is 16.1 Å². The van der Waals surface area contributed by atoms with E-state index in [-0.39, 0.29) is 5.75 Å². The Bertz CT molecular complexity index is 277. The Labute approximate surface area is 66.5 Å². The van der Waals surface area contributed by atoms with Gasteiger partial charge in [-0.05, 0) is 13.3 Å². The average molecular weight is 174 g/mol. The second kappa shape index (κ2) is 2.80. The molecule has 1 aliphatic rings. The van der Waals surface area contributed by atoms with Crippen LogP contribution in [-0.4, -0.2) is 31.1 Å². The van der Waals surface area contributed by atoms with Crippen LogP contribution in [0.25, 0.3) is 0 Å². The van der Waals surface area contributed by atoms with Crippen molar-refractivity contribution in [2.24, 2.45) is 0 Å². The predicted molar refractivity (Wildman–Crippen MR) is 40.2 cm³/mol. The van der Waals surface area contributed by atoms with Crippen molar-refractivity contribution < 1.29 is 8.42 Å². The van der Waals surface area contributed by atoms with E-state index in [4.69, 9.17) is 5.26 Å². The molecular weight excluding hydrogens is 164 g/mol. The molecule has 0 radical (unpaired) electrons. The summed E-state index contributed by atoms with van der Waals surface area (Å²) in [5, 5.41) is 8.47. The molecule has 0 aromatic heterocycles. The molecule has 5 heteroatoms. The molecule has 1 saturated heterocycles. The van der Waals surface area contributed by atoms with Crippen molar-refractivity contribution >= 4 is 10.0 Å². The van der Waals surface area contributed by atoms with Crippen molar-refractivity contribution in [3.8, 4) is 6.07 Å². The van der Waals surface area contributed by atoms with Gasteiger partial charge in [-0.15, -0.1) is 0 Å². The van der Waals surface area contributed by atoms with Gasteiger partial charge in [-0.1, -0.05) is 0 Å². The highest BCUT2D eigenvalue weighted by Crippen LogP contribution is 2.15. The van der Waals surface area contributed by atoms with Crippen LogP contribution in [0.4, 0.5) is 0 Å². The first kappa shape index (κ1) is 8.50. The summed E-state index contributed by atoms with van der Waals surface area (Å²) >= 11 is 0. The smallest absolute Gasteiger partial charge is 0.212 e. The molecule has 0 saturated carbocycles. The van der Waals surface area contributed by atoms with Gasteiger partial charge in [0.05, 0.1) is 11.8 Å². The summed E-state index contributed by atoms with van der Waals surface area (Å²) in [6.07, 6.45) is 0.647. The van der Waals surface area contributed by atoms with Crippen molar-refractivity contribution in [2.45, 2.75) is 19.4 Å². The summed E-state index contributed by atoms with van der Waals surface area (Å²) < 4.78 is 23.5. The van der Waals surface area contributed by atoms with Gasteiger partial charge >= 0.3 is 0 Å². The molecular formula is C6H10N2O2S. The number of nitrogens with zero attached hydrogens (tertiary/aromatic N) is 2. The number of hydrogen-bond acceptors (Lipinski definition) is 3. The van der Waals surface area contributed by atoms with Gasteiger partial charge in [0.15, 0.2) is 0 Å². The first-order valence-electron chi connectivity index (χ1n) is 3.47. The Balaban J connectivity index is 2.83. The Hall–Kier alpha value is -0.600. The van der Waals surface area contributed by atoms with E-state index in [1.165, 1.54) is 4.31 Å². The maximum atomic E-state index is 11.1. The van der Waals surface area contributed by atoms with Gasteiger partial charge in [-0.2, -0.15) is 9.57 Å². The number of nitriles is 1. The summed E-state index contributed by atoms with van der Waals surface area (Å²) in [4.78, 5) is 0. The average Bonchev–Trinajstić information content (AvgIpc) is 2.28. The van der Waals surface area contributed by atoms with Crippen LogP contribution in [0.2, 0.25) is 0 Å². The quantitative estimate of drug-likeness (QED) is 0.559. The van der Waals surface area contributed by atoms with E-state index in [1.54, 1.807) is 6.92 Å². The molecule has 0 spiro atoms. The fourth-order valence-corrected chi connectivity index (χ4v) is 2.82. The standard InChI is InChI=1S/C6H10N2O2S/c1-6(5-7)8-3-2-4-11(8,9)10/h6H,2-4H2,1H3. The first-order chi connectivity index (χ1) is 5.08. The van der Waals surface area contributed by atoms with Crippen LogP contribution >= 0.6 is 0 Å². The van der Waals surface area contributed by atoms with Crippen molar-refractivity contribution in [3.05, 3.63) is 0 Å². The lowest BCUT2D eigenvalue weighted by molar-refractivity contribution is 0.413. The first-order valence-corrected chi connectivity index (χ1v) is 5.08. The zero-order valence-corrected chi connectivity index (χ0v) is 7.13. The van der Waals surface area contributed by atoms with Crippen LogP contribution in [0.1, 0.15) is 13.3 Å². The second-order valence-corrected chi connectivity index (χ2v) is 4.63. The summed E-state index contributed by atoms with van der Waals surface area (Å²) in [6, 6.07) is 1.40. The van der Waals surface area contributed by atoms with Gasteiger partial charge in [-0.25, -0.2) is 8.42 Å². The molecule has 1 heterocycles. The topological polar surface area (TPSA) is 61.2 Å². The zero-order valence-electron chi connectivity index (χ0n) is 6.32. The van der Waals surface area contributed by atoms with Crippen molar-refractivity contribution in [1.82, 2.24) is 4.31 Å². The lowest BCUT2D eigenvalue weighted by Crippen LogP contribution is -2.33. The lowest BCUT2D eigenvalue weighted by Gasteiger charge is -2.15. The molecule has 0 bridgehead atoms. The maximum absolute atomic E-state index is 11.1. The summed E-state index contributed by atoms with van der Waals surface area (Å²) in [6.45, 7) is 2.10. The molecule has 0 aliphatic carbocycles. The minimum absolute atomic E-state index is 0.193. The number of sulfonamides is 1. The minimum atomic E-state index is -3.09. The van der Waals surface area contributed by atoms with Crippen LogP contribution in [0.3, 0.4) is 0 Å². The molecule has 1 aliphatic heterocycles. The Morgan fingerprint density at radius 1 is 1.64 bits per heavy atom. The Kier molecular flexibility index (Phi) is 2.16. The highest BCUT2D eigenvalue weighted by molar-refractivity contribution is 7.89. The van der Waals surface area contributed by atoms with Crippen LogP contribution in [0.15, 0.2) is 0 Å². The van der Waals surface area contributed by atoms with Gasteiger partial charge in [-0.3, -0.25) is 0 Å². The van der Waals surface area contributed by atoms with Crippen LogP contribution in [0, 0.1) is 11.3 Å². The van der Waals surface area contributed by atoms with Crippen LogP contribution in [-0.2, 0) is 10.0 Å². The highest BCUT2D eigenvalue weighted by Gasteiger charge is 2.31. The van der Waals surface area contributed by atoms with Gasteiger partial charge in [0, 0.05) is 6.54 Å². The third kappa shape index (κ3) is 1.52. The summed E-state index contributed by atoms with van der Waals surface area (Å²) in [5.74, 6) is 0.193. The summed E-state index contributed by atoms with van der Waals surface area (Å²) in [5.41, 5.74) is 0. The van der Waals surface area contributed by atoms with Crippen molar-refractivity contribution in [1.29, 1.82) is 5.26 Å². The minimum Gasteiger partial charge on any atom is -0.212 e. The molecule has 11 heavy (non-hydrogen) atoms. The highest BCUT2D eigenvalue weighted by atomic mass is 32.2. The Morgan fingerprint density at radius 2 is 2.27 bits per heavy atom. The van der Waals surface area contributed by atoms with Gasteiger partial charge in [0.1, 0.15) is 6.04 Å². The molecule has 0 N–H and O–H groups in total. The van der Waals surface area contributed by atoms with Gasteiger partial charge in [0.2, 0.25) is 10.0 Å². The summed E-state index contributed by atoms with van der Waals surface area (Å²) in [7, 11) is -3.09. The molecule has 4 nitrogen and oxygen atoms in total. The molecule has 1 unspecified atom stereocenters. The second-order valence-electron chi connectivity index (χ2n) is 2.59. The molecule has 0 aromatic carbocycles. The largest absolute Gasteiger partial charge is 0.215 e. The van der Waals surface area contributed by atoms with E-state index in [1.807, 2.05) is 6.07 Å². The van der Waals surface area contributed by atoms with Crippen LogP contribution < -0.4 is 0 Å². The maximum Gasteiger partial charge on any atom is 0.215 e. The van der Waals surface area contributed by atoms with E-state index in [9.17, 15) is 8.42 Å². The lowest BCUT2D eigenvalue weighted by atomic mass is 10.3. The fourth-order valence-electron chi connectivity index (χ4n) is 1.16. The predicted octanol–water partition coefficient (Wildman–Crippen LogP) is -0.0660. The number of rotatable bonds is 1. The molecule has 62 valence electrons. The van der Waals surface area contributed by atoms with E-state index in [0.29, 0.717) is 13.0 Å². The van der Waals surface area contributed by atoms with E-state index >= 15 is 0 Å². The zero-order chi connectivity index (χ0) is 8.48. The molecule has 1 fully saturated rings. The normalized spacial score (nSPS) is 26.2. The van der Waals surface area contributed by atoms with Crippen LogP contribution in [0.5, 0.6) is 0 Å².